The number of aromatic nitrogens is 1. The van der Waals surface area contributed by atoms with Crippen molar-refractivity contribution < 1.29 is 9.32 Å². The van der Waals surface area contributed by atoms with Gasteiger partial charge in [0.15, 0.2) is 0 Å². The van der Waals surface area contributed by atoms with E-state index in [0.717, 1.165) is 44.3 Å². The molecule has 0 N–H and O–H groups in total. The van der Waals surface area contributed by atoms with Crippen LogP contribution in [0.2, 0.25) is 0 Å². The van der Waals surface area contributed by atoms with Crippen molar-refractivity contribution in [3.63, 3.8) is 0 Å². The second-order valence-corrected chi connectivity index (χ2v) is 14.9. The van der Waals surface area contributed by atoms with Crippen molar-refractivity contribution in [3.05, 3.63) is 17.5 Å². The van der Waals surface area contributed by atoms with E-state index in [-0.39, 0.29) is 33.0 Å². The number of hydrogen-bond acceptors (Lipinski definition) is 3. The third kappa shape index (κ3) is 2.72. The highest BCUT2D eigenvalue weighted by atomic mass is 16.5. The first-order valence-electron chi connectivity index (χ1n) is 13.8. The van der Waals surface area contributed by atoms with Crippen LogP contribution < -0.4 is 0 Å². The Kier molecular flexibility index (Phi) is 4.58. The lowest BCUT2D eigenvalue weighted by molar-refractivity contribution is -0.190. The van der Waals surface area contributed by atoms with Gasteiger partial charge in [-0.25, -0.2) is 0 Å². The van der Waals surface area contributed by atoms with E-state index in [1.165, 1.54) is 24.8 Å². The SMILES string of the molecule is C#C[C@@]12CCC3[C@H](C(=O)CC4[C@@]3(C)CCC3C(C)(C)c5oncc5C[C@@]34C)[C@@H]1CC(C)(C)CC2. The first-order chi connectivity index (χ1) is 15.9. The summed E-state index contributed by atoms with van der Waals surface area (Å²) in [4.78, 5) is 14.2. The Bertz CT molecular complexity index is 1070. The van der Waals surface area contributed by atoms with Gasteiger partial charge in [-0.2, -0.15) is 0 Å². The van der Waals surface area contributed by atoms with Gasteiger partial charge in [-0.05, 0) is 91.3 Å². The summed E-state index contributed by atoms with van der Waals surface area (Å²) in [6, 6.07) is 0. The molecule has 0 amide bonds. The van der Waals surface area contributed by atoms with Crippen molar-refractivity contribution >= 4 is 5.78 Å². The van der Waals surface area contributed by atoms with Crippen LogP contribution in [0.15, 0.2) is 10.7 Å². The third-order valence-corrected chi connectivity index (χ3v) is 12.4. The molecule has 0 radical (unpaired) electrons. The molecule has 1 aromatic heterocycles. The Balaban J connectivity index is 1.42. The van der Waals surface area contributed by atoms with E-state index in [0.29, 0.717) is 29.5 Å². The van der Waals surface area contributed by atoms with E-state index < -0.39 is 0 Å². The molecular formula is C31H43NO2. The average Bonchev–Trinajstić information content (AvgIpc) is 3.23. The summed E-state index contributed by atoms with van der Waals surface area (Å²) >= 11 is 0. The van der Waals surface area contributed by atoms with Crippen LogP contribution in [0, 0.1) is 63.6 Å². The van der Waals surface area contributed by atoms with Crippen molar-refractivity contribution in [3.8, 4) is 12.3 Å². The van der Waals surface area contributed by atoms with Gasteiger partial charge in [-0.1, -0.05) is 52.6 Å². The van der Waals surface area contributed by atoms with Gasteiger partial charge >= 0.3 is 0 Å². The smallest absolute Gasteiger partial charge is 0.145 e. The van der Waals surface area contributed by atoms with Gasteiger partial charge in [0.1, 0.15) is 11.5 Å². The summed E-state index contributed by atoms with van der Waals surface area (Å²) in [6.45, 7) is 14.5. The number of fused-ring (bicyclic) bond motifs is 8. The van der Waals surface area contributed by atoms with E-state index in [1.807, 2.05) is 6.20 Å². The molecule has 1 heterocycles. The molecule has 0 bridgehead atoms. The number of terminal acetylenes is 1. The van der Waals surface area contributed by atoms with E-state index in [1.54, 1.807) is 0 Å². The normalized spacial score (nSPS) is 48.4. The minimum Gasteiger partial charge on any atom is -0.361 e. The fraction of sp³-hybridized carbons (Fsp3) is 0.806. The maximum atomic E-state index is 14.2. The Morgan fingerprint density at radius 3 is 2.47 bits per heavy atom. The Morgan fingerprint density at radius 2 is 1.74 bits per heavy atom. The van der Waals surface area contributed by atoms with Crippen LogP contribution in [0.5, 0.6) is 0 Å². The van der Waals surface area contributed by atoms with Gasteiger partial charge in [0.2, 0.25) is 0 Å². The molecule has 184 valence electrons. The lowest BCUT2D eigenvalue weighted by Crippen LogP contribution is -2.65. The molecular weight excluding hydrogens is 418 g/mol. The minimum absolute atomic E-state index is 0.0430. The van der Waals surface area contributed by atoms with Crippen molar-refractivity contribution in [1.29, 1.82) is 0 Å². The second kappa shape index (κ2) is 6.80. The summed E-state index contributed by atoms with van der Waals surface area (Å²) < 4.78 is 5.80. The highest BCUT2D eigenvalue weighted by Gasteiger charge is 2.68. The van der Waals surface area contributed by atoms with Crippen LogP contribution in [0.25, 0.3) is 0 Å². The topological polar surface area (TPSA) is 43.1 Å². The van der Waals surface area contributed by atoms with E-state index in [9.17, 15) is 4.79 Å². The van der Waals surface area contributed by atoms with Crippen LogP contribution in [0.1, 0.15) is 104 Å². The molecule has 34 heavy (non-hydrogen) atoms. The summed E-state index contributed by atoms with van der Waals surface area (Å²) in [5.41, 5.74) is 1.76. The minimum atomic E-state index is -0.0547. The fourth-order valence-electron chi connectivity index (χ4n) is 10.9. The van der Waals surface area contributed by atoms with Gasteiger partial charge < -0.3 is 4.52 Å². The summed E-state index contributed by atoms with van der Waals surface area (Å²) in [5.74, 6) is 6.85. The number of rotatable bonds is 0. The molecule has 8 atom stereocenters. The predicted octanol–water partition coefficient (Wildman–Crippen LogP) is 6.99. The highest BCUT2D eigenvalue weighted by molar-refractivity contribution is 5.83. The zero-order valence-electron chi connectivity index (χ0n) is 22.2. The number of ketones is 1. The monoisotopic (exact) mass is 461 g/mol. The molecule has 5 aliphatic carbocycles. The third-order valence-electron chi connectivity index (χ3n) is 12.4. The largest absolute Gasteiger partial charge is 0.361 e. The van der Waals surface area contributed by atoms with Crippen molar-refractivity contribution in [2.24, 2.45) is 51.2 Å². The first kappa shape index (κ1) is 22.9. The summed E-state index contributed by atoms with van der Waals surface area (Å²) in [5, 5.41) is 4.21. The molecule has 5 aliphatic rings. The Morgan fingerprint density at radius 1 is 0.971 bits per heavy atom. The Labute approximate surface area is 206 Å². The van der Waals surface area contributed by atoms with Crippen LogP contribution in [-0.2, 0) is 16.6 Å². The number of carbonyl (C=O) groups excluding carboxylic acids is 1. The molecule has 6 rings (SSSR count). The Hall–Kier alpha value is -1.56. The predicted molar refractivity (Wildman–Crippen MR) is 134 cm³/mol. The van der Waals surface area contributed by atoms with E-state index in [2.05, 4.69) is 52.6 Å². The fourth-order valence-corrected chi connectivity index (χ4v) is 10.9. The van der Waals surface area contributed by atoms with Crippen molar-refractivity contribution in [1.82, 2.24) is 5.16 Å². The van der Waals surface area contributed by atoms with Gasteiger partial charge in [0.05, 0.1) is 6.20 Å². The van der Waals surface area contributed by atoms with Crippen LogP contribution in [0.4, 0.5) is 0 Å². The first-order valence-corrected chi connectivity index (χ1v) is 13.8. The maximum absolute atomic E-state index is 14.2. The van der Waals surface area contributed by atoms with Crippen LogP contribution >= 0.6 is 0 Å². The molecule has 0 spiro atoms. The molecule has 4 fully saturated rings. The van der Waals surface area contributed by atoms with E-state index >= 15 is 0 Å². The molecule has 3 heteroatoms. The number of Topliss-reactive ketones (excluding diaryl/α,β-unsaturated/α-hetero) is 1. The molecule has 0 saturated heterocycles. The molecule has 3 unspecified atom stereocenters. The quantitative estimate of drug-likeness (QED) is 0.391. The second-order valence-electron chi connectivity index (χ2n) is 14.9. The zero-order valence-corrected chi connectivity index (χ0v) is 22.2. The highest BCUT2D eigenvalue weighted by Crippen LogP contribution is 2.72. The molecule has 0 aromatic carbocycles. The van der Waals surface area contributed by atoms with Gasteiger partial charge in [-0.15, -0.1) is 6.42 Å². The lowest BCUT2D eigenvalue weighted by Gasteiger charge is -2.68. The van der Waals surface area contributed by atoms with Gasteiger partial charge in [0, 0.05) is 28.7 Å². The average molecular weight is 462 g/mol. The number of nitrogens with zero attached hydrogens (tertiary/aromatic N) is 1. The maximum Gasteiger partial charge on any atom is 0.145 e. The van der Waals surface area contributed by atoms with Crippen molar-refractivity contribution in [2.45, 2.75) is 105 Å². The summed E-state index contributed by atoms with van der Waals surface area (Å²) in [6.07, 6.45) is 18.0. The standard InChI is InChI=1S/C31H43NO2/c1-8-31-12-9-20-25(21(31)17-27(2,3)13-14-31)22(33)15-24-29(20,6)11-10-23-28(4,5)26-19(18-32-34-26)16-30(23,24)7/h1,18,20-21,23-25H,9-17H2,2-7H3/t20?,21-,23?,24?,25-,29-,30-,31-/m0/s1. The zero-order chi connectivity index (χ0) is 24.3. The number of carbonyl (C=O) groups is 1. The molecule has 0 aliphatic heterocycles. The summed E-state index contributed by atoms with van der Waals surface area (Å²) in [7, 11) is 0. The van der Waals surface area contributed by atoms with Gasteiger partial charge in [0.25, 0.3) is 0 Å². The van der Waals surface area contributed by atoms with Crippen LogP contribution in [0.3, 0.4) is 0 Å². The molecule has 3 nitrogen and oxygen atoms in total. The molecule has 4 saturated carbocycles. The lowest BCUT2D eigenvalue weighted by atomic mass is 9.35. The number of hydrogen-bond donors (Lipinski definition) is 0. The van der Waals surface area contributed by atoms with Crippen molar-refractivity contribution in [2.75, 3.05) is 0 Å². The van der Waals surface area contributed by atoms with Crippen LogP contribution in [-0.4, -0.2) is 10.9 Å². The van der Waals surface area contributed by atoms with E-state index in [4.69, 9.17) is 10.9 Å². The van der Waals surface area contributed by atoms with Gasteiger partial charge in [-0.3, -0.25) is 4.79 Å². The molecule has 1 aromatic rings.